The number of carbonyl (C=O) groups excluding carboxylic acids is 1. The molecule has 2 aliphatic rings. The number of piperidine rings is 1. The first-order valence-corrected chi connectivity index (χ1v) is 9.39. The Kier molecular flexibility index (Phi) is 5.03. The first-order chi connectivity index (χ1) is 13.2. The highest BCUT2D eigenvalue weighted by molar-refractivity contribution is 5.79. The van der Waals surface area contributed by atoms with Gasteiger partial charge in [0.2, 0.25) is 5.91 Å². The van der Waals surface area contributed by atoms with E-state index in [4.69, 9.17) is 14.3 Å². The van der Waals surface area contributed by atoms with Gasteiger partial charge in [0, 0.05) is 38.9 Å². The van der Waals surface area contributed by atoms with Crippen LogP contribution in [-0.4, -0.2) is 64.1 Å². The van der Waals surface area contributed by atoms with Gasteiger partial charge in [-0.05, 0) is 25.0 Å². The van der Waals surface area contributed by atoms with Crippen LogP contribution >= 0.6 is 0 Å². The second-order valence-corrected chi connectivity index (χ2v) is 7.29. The van der Waals surface area contributed by atoms with E-state index in [0.29, 0.717) is 18.8 Å². The summed E-state index contributed by atoms with van der Waals surface area (Å²) in [5, 5.41) is 9.16. The molecule has 0 saturated carbocycles. The van der Waals surface area contributed by atoms with Crippen molar-refractivity contribution in [2.24, 2.45) is 0 Å². The van der Waals surface area contributed by atoms with Crippen molar-refractivity contribution in [2.75, 3.05) is 33.4 Å². The van der Waals surface area contributed by atoms with E-state index in [9.17, 15) is 4.79 Å². The molecule has 0 atom stereocenters. The number of likely N-dealkylation sites (tertiary alicyclic amines) is 1. The van der Waals surface area contributed by atoms with Crippen LogP contribution in [-0.2, 0) is 34.6 Å². The molecule has 1 saturated heterocycles. The van der Waals surface area contributed by atoms with Gasteiger partial charge in [0.15, 0.2) is 0 Å². The third-order valence-corrected chi connectivity index (χ3v) is 5.77. The lowest BCUT2D eigenvalue weighted by atomic mass is 9.78. The van der Waals surface area contributed by atoms with E-state index >= 15 is 0 Å². The number of aliphatic hydroxyl groups excluding tert-OH is 1. The van der Waals surface area contributed by atoms with Crippen molar-refractivity contribution in [3.05, 3.63) is 41.4 Å². The highest BCUT2D eigenvalue weighted by Crippen LogP contribution is 2.42. The molecule has 2 aromatic heterocycles. The van der Waals surface area contributed by atoms with Crippen LogP contribution in [0.1, 0.15) is 35.7 Å². The molecule has 1 amide bonds. The Bertz CT molecular complexity index is 791. The van der Waals surface area contributed by atoms with Crippen molar-refractivity contribution in [3.8, 4) is 0 Å². The number of fused-ring (bicyclic) bond motifs is 2. The van der Waals surface area contributed by atoms with Gasteiger partial charge in [0.05, 0.1) is 24.1 Å². The Balaban J connectivity index is 1.52. The maximum absolute atomic E-state index is 12.7. The average molecular weight is 374 g/mol. The molecule has 2 aliphatic heterocycles. The molecule has 2 aromatic rings. The summed E-state index contributed by atoms with van der Waals surface area (Å²) < 4.78 is 10.7. The number of H-pyrrole nitrogens is 1. The summed E-state index contributed by atoms with van der Waals surface area (Å²) >= 11 is 0. The van der Waals surface area contributed by atoms with Crippen molar-refractivity contribution in [1.82, 2.24) is 19.8 Å². The van der Waals surface area contributed by atoms with Gasteiger partial charge < -0.3 is 24.1 Å². The summed E-state index contributed by atoms with van der Waals surface area (Å²) in [6.07, 6.45) is 4.19. The number of furan rings is 1. The van der Waals surface area contributed by atoms with Crippen LogP contribution < -0.4 is 0 Å². The van der Waals surface area contributed by atoms with Gasteiger partial charge in [-0.1, -0.05) is 0 Å². The maximum Gasteiger partial charge on any atom is 0.249 e. The topological polar surface area (TPSA) is 94.8 Å². The molecule has 0 aromatic carbocycles. The Morgan fingerprint density at radius 1 is 1.33 bits per heavy atom. The number of imidazole rings is 1. The zero-order valence-electron chi connectivity index (χ0n) is 15.6. The van der Waals surface area contributed by atoms with Gasteiger partial charge in [-0.3, -0.25) is 9.69 Å². The lowest BCUT2D eigenvalue weighted by Gasteiger charge is -2.50. The van der Waals surface area contributed by atoms with E-state index < -0.39 is 0 Å². The monoisotopic (exact) mass is 374 g/mol. The van der Waals surface area contributed by atoms with Crippen LogP contribution in [0.5, 0.6) is 0 Å². The molecule has 8 nitrogen and oxygen atoms in total. The van der Waals surface area contributed by atoms with Gasteiger partial charge >= 0.3 is 0 Å². The number of nitrogens with zero attached hydrogens (tertiary/aromatic N) is 3. The highest BCUT2D eigenvalue weighted by atomic mass is 16.5. The van der Waals surface area contributed by atoms with Crippen LogP contribution in [0, 0.1) is 0 Å². The fraction of sp³-hybridized carbons (Fsp3) is 0.579. The molecule has 4 heterocycles. The molecule has 8 heteroatoms. The largest absolute Gasteiger partial charge is 0.462 e. The van der Waals surface area contributed by atoms with Crippen LogP contribution in [0.2, 0.25) is 0 Å². The zero-order valence-corrected chi connectivity index (χ0v) is 15.6. The normalized spacial score (nSPS) is 19.4. The molecule has 0 radical (unpaired) electrons. The molecule has 4 rings (SSSR count). The summed E-state index contributed by atoms with van der Waals surface area (Å²) in [6.45, 7) is 3.10. The zero-order chi connectivity index (χ0) is 18.9. The Morgan fingerprint density at radius 3 is 2.81 bits per heavy atom. The lowest BCUT2D eigenvalue weighted by Crippen LogP contribution is -2.58. The van der Waals surface area contributed by atoms with Gasteiger partial charge in [-0.15, -0.1) is 0 Å². The van der Waals surface area contributed by atoms with E-state index in [1.54, 1.807) is 13.4 Å². The van der Waals surface area contributed by atoms with Crippen LogP contribution in [0.3, 0.4) is 0 Å². The Labute approximate surface area is 158 Å². The van der Waals surface area contributed by atoms with Crippen molar-refractivity contribution in [3.63, 3.8) is 0 Å². The average Bonchev–Trinajstić information content (AvgIpc) is 3.33. The molecule has 27 heavy (non-hydrogen) atoms. The summed E-state index contributed by atoms with van der Waals surface area (Å²) in [4.78, 5) is 24.9. The number of aromatic amines is 1. The van der Waals surface area contributed by atoms with Gasteiger partial charge in [0.25, 0.3) is 0 Å². The number of hydrogen-bond acceptors (Lipinski definition) is 6. The van der Waals surface area contributed by atoms with Crippen molar-refractivity contribution < 1.29 is 19.1 Å². The summed E-state index contributed by atoms with van der Waals surface area (Å²) in [7, 11) is 1.56. The van der Waals surface area contributed by atoms with E-state index in [1.165, 1.54) is 0 Å². The quantitative estimate of drug-likeness (QED) is 0.811. The molecule has 0 bridgehead atoms. The standard InChI is InChI=1S/C19H26N4O4/c1-26-12-17(25)23-7-4-16-18(21-13-20-16)19(23)5-8-22(9-6-19)10-14-2-3-15(11-24)27-14/h2-3,13,24H,4-12H2,1H3,(H,20,21). The molecule has 1 spiro atoms. The molecule has 1 fully saturated rings. The minimum atomic E-state index is -0.362. The second kappa shape index (κ2) is 7.46. The fourth-order valence-electron chi connectivity index (χ4n) is 4.44. The van der Waals surface area contributed by atoms with E-state index in [-0.39, 0.29) is 24.7 Å². The minimum Gasteiger partial charge on any atom is -0.462 e. The Morgan fingerprint density at radius 2 is 2.11 bits per heavy atom. The van der Waals surface area contributed by atoms with Crippen molar-refractivity contribution >= 4 is 5.91 Å². The molecule has 0 unspecified atom stereocenters. The number of methoxy groups -OCH3 is 1. The SMILES string of the molecule is COCC(=O)N1CCc2[nH]cnc2C12CCN(Cc1ccc(CO)o1)CC2. The van der Waals surface area contributed by atoms with Gasteiger partial charge in [-0.25, -0.2) is 4.98 Å². The lowest BCUT2D eigenvalue weighted by molar-refractivity contribution is -0.146. The molecular formula is C19H26N4O4. The summed E-state index contributed by atoms with van der Waals surface area (Å²) in [5.41, 5.74) is 1.79. The van der Waals surface area contributed by atoms with E-state index in [0.717, 1.165) is 49.5 Å². The Hall–Kier alpha value is -2.16. The molecule has 0 aliphatic carbocycles. The van der Waals surface area contributed by atoms with E-state index in [2.05, 4.69) is 14.9 Å². The van der Waals surface area contributed by atoms with Crippen LogP contribution in [0.25, 0.3) is 0 Å². The molecule has 2 N–H and O–H groups in total. The number of aromatic nitrogens is 2. The van der Waals surface area contributed by atoms with Crippen LogP contribution in [0.15, 0.2) is 22.9 Å². The predicted octanol–water partition coefficient (Wildman–Crippen LogP) is 1.02. The molecule has 146 valence electrons. The number of amides is 1. The third kappa shape index (κ3) is 3.28. The number of carbonyl (C=O) groups is 1. The number of nitrogens with one attached hydrogen (secondary N) is 1. The highest BCUT2D eigenvalue weighted by Gasteiger charge is 2.48. The van der Waals surface area contributed by atoms with Gasteiger partial charge in [-0.2, -0.15) is 0 Å². The number of hydrogen-bond donors (Lipinski definition) is 2. The van der Waals surface area contributed by atoms with Crippen LogP contribution in [0.4, 0.5) is 0 Å². The maximum atomic E-state index is 12.7. The van der Waals surface area contributed by atoms with E-state index in [1.807, 2.05) is 17.0 Å². The molecular weight excluding hydrogens is 348 g/mol. The summed E-state index contributed by atoms with van der Waals surface area (Å²) in [5.74, 6) is 1.47. The smallest absolute Gasteiger partial charge is 0.249 e. The van der Waals surface area contributed by atoms with Crippen molar-refractivity contribution in [1.29, 1.82) is 0 Å². The third-order valence-electron chi connectivity index (χ3n) is 5.77. The summed E-state index contributed by atoms with van der Waals surface area (Å²) in [6, 6.07) is 3.72. The number of rotatable bonds is 5. The second-order valence-electron chi connectivity index (χ2n) is 7.29. The number of ether oxygens (including phenoxy) is 1. The predicted molar refractivity (Wildman–Crippen MR) is 96.7 cm³/mol. The number of aliphatic hydroxyl groups is 1. The first kappa shape index (κ1) is 18.2. The van der Waals surface area contributed by atoms with Gasteiger partial charge in [0.1, 0.15) is 24.7 Å². The fourth-order valence-corrected chi connectivity index (χ4v) is 4.44. The first-order valence-electron chi connectivity index (χ1n) is 9.39. The minimum absolute atomic E-state index is 0.0261. The van der Waals surface area contributed by atoms with Crippen molar-refractivity contribution in [2.45, 2.75) is 38.0 Å².